The predicted molar refractivity (Wildman–Crippen MR) is 374 cm³/mol. The van der Waals surface area contributed by atoms with Crippen LogP contribution in [0.1, 0.15) is 127 Å². The first kappa shape index (κ1) is 80.1. The number of benzene rings is 3. The number of nitrogens with one attached hydrogen (secondary N) is 3. The number of carbonyl (C=O) groups excluding carboxylic acids is 4. The Kier molecular flexibility index (Phi) is 25.7. The molecule has 3 aromatic carbocycles. The number of phenolic OH excluding ortho intramolecular Hbond substituents is 3. The molecule has 0 radical (unpaired) electrons. The highest BCUT2D eigenvalue weighted by Crippen LogP contribution is 2.40. The van der Waals surface area contributed by atoms with E-state index in [0.29, 0.717) is 91.3 Å². The molecule has 6 N–H and O–H groups in total. The van der Waals surface area contributed by atoms with Crippen molar-refractivity contribution < 1.29 is 92.9 Å². The van der Waals surface area contributed by atoms with E-state index in [0.717, 1.165) is 71.1 Å². The van der Waals surface area contributed by atoms with Crippen molar-refractivity contribution in [1.29, 1.82) is 0 Å². The van der Waals surface area contributed by atoms with Gasteiger partial charge in [0.2, 0.25) is 30.1 Å². The number of amides is 3. The Morgan fingerprint density at radius 2 is 0.912 bits per heavy atom. The summed E-state index contributed by atoms with van der Waals surface area (Å²) in [5, 5.41) is 38.0. The molecule has 10 aliphatic rings. The van der Waals surface area contributed by atoms with E-state index in [9.17, 15) is 59.8 Å². The quantitative estimate of drug-likeness (QED) is 0.142. The smallest absolute Gasteiger partial charge is 0.410 e. The Morgan fingerprint density at radius 1 is 0.490 bits per heavy atom. The maximum absolute atomic E-state index is 13.2. The average Bonchev–Trinajstić information content (AvgIpc) is 1.54. The average molecular weight is 1490 g/mol. The van der Waals surface area contributed by atoms with Crippen molar-refractivity contribution in [3.05, 3.63) is 72.8 Å². The number of hydrogen-bond acceptors (Lipinski definition) is 24. The minimum absolute atomic E-state index is 0.00453. The van der Waals surface area contributed by atoms with Gasteiger partial charge < -0.3 is 68.5 Å². The van der Waals surface area contributed by atoms with Gasteiger partial charge in [-0.2, -0.15) is 12.9 Å². The van der Waals surface area contributed by atoms with Crippen LogP contribution >= 0.6 is 0 Å². The summed E-state index contributed by atoms with van der Waals surface area (Å²) in [5.41, 5.74) is -4.57. The van der Waals surface area contributed by atoms with Gasteiger partial charge in [0, 0.05) is 85.1 Å². The highest BCUT2D eigenvalue weighted by Gasteiger charge is 2.55. The van der Waals surface area contributed by atoms with Gasteiger partial charge in [0.05, 0.1) is 60.7 Å². The largest absolute Gasteiger partial charge is 0.508 e. The first-order valence-electron chi connectivity index (χ1n) is 35.2. The van der Waals surface area contributed by atoms with Gasteiger partial charge in [-0.15, -0.1) is 0 Å². The SMILES string of the molecule is CC(C)(C)OC(=O)N1CCCC(=O)C1.CC(C)(C)OC(=O)N1CCCC2(C1)NCCO2.CC(C)(C)OC(=O)N1CCCC2(C1)OCCN2S(=O)(=O)c1ccc(O)cc1.O=S(=O)(c1ccc(O)cc1)N1CCOC12CCCNC2.O=S(=O)(c1ccc(O)cc1)N1CCOC12CNCN(CC1CC1)C2. The van der Waals surface area contributed by atoms with Gasteiger partial charge in [0.15, 0.2) is 17.2 Å². The lowest BCUT2D eigenvalue weighted by molar-refractivity contribution is -0.122. The molecule has 10 fully saturated rings. The van der Waals surface area contributed by atoms with Crippen LogP contribution in [-0.2, 0) is 68.0 Å². The van der Waals surface area contributed by atoms with Crippen LogP contribution in [0.25, 0.3) is 0 Å². The van der Waals surface area contributed by atoms with Crippen molar-refractivity contribution in [2.45, 2.75) is 181 Å². The third kappa shape index (κ3) is 20.7. The molecule has 1 aliphatic carbocycles. The number of carbonyl (C=O) groups is 4. The maximum atomic E-state index is 13.2. The second-order valence-corrected chi connectivity index (χ2v) is 35.8. The molecule has 4 spiro atoms. The van der Waals surface area contributed by atoms with Crippen LogP contribution in [-0.4, -0.2) is 268 Å². The van der Waals surface area contributed by atoms with E-state index < -0.39 is 70.1 Å². The lowest BCUT2D eigenvalue weighted by Crippen LogP contribution is -2.65. The molecule has 1 saturated carbocycles. The zero-order chi connectivity index (χ0) is 74.2. The van der Waals surface area contributed by atoms with Crippen LogP contribution in [0.5, 0.6) is 17.2 Å². The number of aromatic hydroxyl groups is 3. The lowest BCUT2D eigenvalue weighted by atomic mass is 10.0. The number of likely N-dealkylation sites (tertiary alicyclic amines) is 3. The van der Waals surface area contributed by atoms with Gasteiger partial charge in [0.25, 0.3) is 0 Å². The van der Waals surface area contributed by atoms with Crippen molar-refractivity contribution in [2.24, 2.45) is 5.92 Å². The van der Waals surface area contributed by atoms with Crippen LogP contribution in [0.4, 0.5) is 14.4 Å². The third-order valence-corrected chi connectivity index (χ3v) is 24.3. The Labute approximate surface area is 600 Å². The van der Waals surface area contributed by atoms with Gasteiger partial charge in [-0.25, -0.2) is 39.6 Å². The first-order chi connectivity index (χ1) is 47.9. The molecule has 33 heteroatoms. The Balaban J connectivity index is 0.000000151. The third-order valence-electron chi connectivity index (χ3n) is 18.4. The number of ether oxygens (including phenoxy) is 7. The van der Waals surface area contributed by atoms with Crippen molar-refractivity contribution in [3.8, 4) is 17.2 Å². The fourth-order valence-corrected chi connectivity index (χ4v) is 18.7. The summed E-state index contributed by atoms with van der Waals surface area (Å²) in [6.07, 6.45) is 7.39. The molecule has 30 nitrogen and oxygen atoms in total. The topological polar surface area (TPSA) is 355 Å². The minimum atomic E-state index is -3.83. The minimum Gasteiger partial charge on any atom is -0.508 e. The molecule has 9 aliphatic heterocycles. The van der Waals surface area contributed by atoms with E-state index in [2.05, 4.69) is 20.9 Å². The molecule has 4 unspecified atom stereocenters. The summed E-state index contributed by atoms with van der Waals surface area (Å²) in [6, 6.07) is 16.7. The predicted octanol–water partition coefficient (Wildman–Crippen LogP) is 5.94. The zero-order valence-corrected chi connectivity index (χ0v) is 62.8. The van der Waals surface area contributed by atoms with Crippen LogP contribution in [0, 0.1) is 5.92 Å². The zero-order valence-electron chi connectivity index (χ0n) is 60.4. The lowest BCUT2D eigenvalue weighted by Gasteiger charge is -2.44. The van der Waals surface area contributed by atoms with Crippen LogP contribution in [0.2, 0.25) is 0 Å². The van der Waals surface area contributed by atoms with Crippen molar-refractivity contribution in [2.75, 3.05) is 131 Å². The van der Waals surface area contributed by atoms with Gasteiger partial charge in [0.1, 0.15) is 45.5 Å². The number of ketones is 1. The summed E-state index contributed by atoms with van der Waals surface area (Å²) in [5.74, 6) is 0.953. The Hall–Kier alpha value is -6.05. The standard InChI is InChI=1S/C18H26N2O6S.C16H23N3O4S.C13H18N2O4S.C12H22N2O3.C10H17NO3/c1-17(2,3)26-16(22)19-10-4-9-18(13-19)20(11-12-25-18)27(23,24)15-7-5-14(21)6-8-15;20-14-3-5-15(6-4-14)24(21,22)19-7-8-23-16(19)10-17-12-18(11-16)9-13-1-2-13;16-11-2-4-12(5-3-11)20(17,18)15-8-9-19-13(15)6-1-7-14-10-13;1-11(2,3)17-10(15)14-7-4-5-12(9-14)13-6-8-16-12;1-10(2,3)14-9(13)11-6-4-5-8(12)7-11/h5-8,21H,4,9-13H2,1-3H3;3-6,13,17,20H,1-2,7-12H2;2-5,14,16H,1,6-10H2;13H,4-9H2,1-3H3;4-7H2,1-3H3. The summed E-state index contributed by atoms with van der Waals surface area (Å²) < 4.78 is 122. The molecule has 570 valence electrons. The number of nitrogens with zero attached hydrogens (tertiary/aromatic N) is 7. The summed E-state index contributed by atoms with van der Waals surface area (Å²) in [6.45, 7) is 27.1. The number of Topliss-reactive ketones (excluding diaryl/α,β-unsaturated/α-hetero) is 1. The van der Waals surface area contributed by atoms with E-state index in [1.165, 1.54) is 108 Å². The molecule has 0 aromatic heterocycles. The molecule has 9 saturated heterocycles. The monoisotopic (exact) mass is 1490 g/mol. The maximum Gasteiger partial charge on any atom is 0.410 e. The molecule has 13 rings (SSSR count). The number of hydrogen-bond donors (Lipinski definition) is 6. The second-order valence-electron chi connectivity index (χ2n) is 30.2. The van der Waals surface area contributed by atoms with Gasteiger partial charge >= 0.3 is 18.3 Å². The summed E-state index contributed by atoms with van der Waals surface area (Å²) in [4.78, 5) is 54.5. The summed E-state index contributed by atoms with van der Waals surface area (Å²) >= 11 is 0. The highest BCUT2D eigenvalue weighted by molar-refractivity contribution is 7.89. The normalized spacial score (nSPS) is 26.3. The van der Waals surface area contributed by atoms with Crippen molar-refractivity contribution >= 4 is 54.1 Å². The number of sulfonamides is 3. The number of phenols is 3. The van der Waals surface area contributed by atoms with E-state index in [4.69, 9.17) is 33.2 Å². The molecule has 4 atom stereocenters. The summed E-state index contributed by atoms with van der Waals surface area (Å²) in [7, 11) is -11.1. The first-order valence-corrected chi connectivity index (χ1v) is 39.5. The molecular formula is C69H106N10O20S3. The number of rotatable bonds is 8. The van der Waals surface area contributed by atoms with Crippen LogP contribution in [0.3, 0.4) is 0 Å². The fourth-order valence-electron chi connectivity index (χ4n) is 13.6. The molecule has 102 heavy (non-hydrogen) atoms. The van der Waals surface area contributed by atoms with E-state index >= 15 is 0 Å². The van der Waals surface area contributed by atoms with Crippen molar-refractivity contribution in [3.63, 3.8) is 0 Å². The van der Waals surface area contributed by atoms with E-state index in [1.807, 2.05) is 41.5 Å². The van der Waals surface area contributed by atoms with Gasteiger partial charge in [-0.3, -0.25) is 20.3 Å². The fraction of sp³-hybridized carbons (Fsp3) is 0.681. The van der Waals surface area contributed by atoms with Gasteiger partial charge in [-0.1, -0.05) is 0 Å². The number of piperidine rings is 4. The van der Waals surface area contributed by atoms with Crippen LogP contribution in [0.15, 0.2) is 87.5 Å². The second kappa shape index (κ2) is 32.8. The highest BCUT2D eigenvalue weighted by atomic mass is 32.2. The molecule has 3 amide bonds. The molecular weight excluding hydrogens is 1390 g/mol. The molecule has 9 heterocycles. The van der Waals surface area contributed by atoms with E-state index in [1.54, 1.807) is 25.7 Å². The van der Waals surface area contributed by atoms with Crippen molar-refractivity contribution in [1.82, 2.24) is 48.5 Å². The van der Waals surface area contributed by atoms with Crippen LogP contribution < -0.4 is 16.0 Å². The van der Waals surface area contributed by atoms with Gasteiger partial charge in [-0.05, 0) is 205 Å². The molecule has 3 aromatic rings. The molecule has 0 bridgehead atoms. The Morgan fingerprint density at radius 3 is 1.36 bits per heavy atom. The van der Waals surface area contributed by atoms with E-state index in [-0.39, 0.29) is 81.9 Å². The Bertz CT molecular complexity index is 3690.